The van der Waals surface area contributed by atoms with Crippen LogP contribution in [0.25, 0.3) is 0 Å². The van der Waals surface area contributed by atoms with Crippen LogP contribution in [-0.2, 0) is 6.54 Å². The molecule has 84 valence electrons. The van der Waals surface area contributed by atoms with Crippen LogP contribution in [0.2, 0.25) is 0 Å². The van der Waals surface area contributed by atoms with E-state index >= 15 is 0 Å². The first kappa shape index (κ1) is 10.7. The summed E-state index contributed by atoms with van der Waals surface area (Å²) >= 11 is 0. The van der Waals surface area contributed by atoms with Crippen LogP contribution in [0.3, 0.4) is 0 Å². The third-order valence-corrected chi connectivity index (χ3v) is 3.63. The molecule has 3 heteroatoms. The van der Waals surface area contributed by atoms with Gasteiger partial charge in [0.15, 0.2) is 0 Å². The summed E-state index contributed by atoms with van der Waals surface area (Å²) in [6.07, 6.45) is 7.63. The minimum Gasteiger partial charge on any atom is -0.337 e. The fourth-order valence-corrected chi connectivity index (χ4v) is 2.51. The minimum atomic E-state index is 0.373. The maximum Gasteiger partial charge on any atom is 0.0949 e. The van der Waals surface area contributed by atoms with Crippen molar-refractivity contribution in [3.63, 3.8) is 0 Å². The lowest BCUT2D eigenvalue weighted by atomic mass is 9.77. The Morgan fingerprint density at radius 2 is 2.33 bits per heavy atom. The molecule has 15 heavy (non-hydrogen) atoms. The first-order valence-corrected chi connectivity index (χ1v) is 5.98. The topological polar surface area (TPSA) is 43.8 Å². The molecule has 3 nitrogen and oxygen atoms in total. The molecule has 1 aromatic heterocycles. The molecule has 0 spiro atoms. The van der Waals surface area contributed by atoms with E-state index in [1.807, 2.05) is 6.33 Å². The summed E-state index contributed by atoms with van der Waals surface area (Å²) in [5.41, 5.74) is 7.27. The minimum absolute atomic E-state index is 0.373. The number of rotatable bonds is 2. The van der Waals surface area contributed by atoms with Gasteiger partial charge in [-0.3, -0.25) is 0 Å². The molecule has 2 N–H and O–H groups in total. The van der Waals surface area contributed by atoms with Crippen molar-refractivity contribution in [2.75, 3.05) is 0 Å². The molecule has 1 saturated carbocycles. The molecule has 2 rings (SSSR count). The van der Waals surface area contributed by atoms with Crippen LogP contribution in [0, 0.1) is 5.92 Å². The van der Waals surface area contributed by atoms with E-state index in [2.05, 4.69) is 29.6 Å². The summed E-state index contributed by atoms with van der Waals surface area (Å²) in [7, 11) is 0. The Balaban J connectivity index is 2.13. The smallest absolute Gasteiger partial charge is 0.0949 e. The highest BCUT2D eigenvalue weighted by Gasteiger charge is 2.28. The number of imidazole rings is 1. The molecule has 0 aliphatic heterocycles. The second-order valence-electron chi connectivity index (χ2n) is 4.79. The fourth-order valence-electron chi connectivity index (χ4n) is 2.51. The number of aromatic nitrogens is 2. The van der Waals surface area contributed by atoms with Gasteiger partial charge < -0.3 is 10.3 Å². The predicted molar refractivity (Wildman–Crippen MR) is 61.6 cm³/mol. The van der Waals surface area contributed by atoms with Crippen LogP contribution in [-0.4, -0.2) is 15.6 Å². The predicted octanol–water partition coefficient (Wildman–Crippen LogP) is 2.13. The molecule has 3 unspecified atom stereocenters. The third kappa shape index (κ3) is 2.23. The molecule has 3 atom stereocenters. The normalized spacial score (nSPS) is 31.8. The highest BCUT2D eigenvalue weighted by molar-refractivity contribution is 5.08. The van der Waals surface area contributed by atoms with Crippen molar-refractivity contribution < 1.29 is 0 Å². The molecule has 1 heterocycles. The summed E-state index contributed by atoms with van der Waals surface area (Å²) in [4.78, 5) is 4.50. The van der Waals surface area contributed by atoms with E-state index < -0.39 is 0 Å². The molecule has 0 radical (unpaired) electrons. The van der Waals surface area contributed by atoms with Gasteiger partial charge >= 0.3 is 0 Å². The number of hydrogen-bond acceptors (Lipinski definition) is 2. The Kier molecular flexibility index (Phi) is 3.10. The molecule has 1 aliphatic carbocycles. The summed E-state index contributed by atoms with van der Waals surface area (Å²) in [6.45, 7) is 5.46. The molecule has 1 aliphatic rings. The van der Waals surface area contributed by atoms with Gasteiger partial charge in [0.25, 0.3) is 0 Å². The number of hydrogen-bond donors (Lipinski definition) is 1. The van der Waals surface area contributed by atoms with Crippen LogP contribution in [0.15, 0.2) is 12.5 Å². The van der Waals surface area contributed by atoms with Crippen molar-refractivity contribution in [1.29, 1.82) is 0 Å². The van der Waals surface area contributed by atoms with Crippen LogP contribution >= 0.6 is 0 Å². The number of aryl methyl sites for hydroxylation is 1. The van der Waals surface area contributed by atoms with Gasteiger partial charge in [-0.25, -0.2) is 4.98 Å². The molecular formula is C12H21N3. The van der Waals surface area contributed by atoms with E-state index in [4.69, 9.17) is 5.73 Å². The summed E-state index contributed by atoms with van der Waals surface area (Å²) in [5.74, 6) is 1.30. The Bertz CT molecular complexity index is 318. The SMILES string of the molecule is CCn1cnc(C2CC(N)CCC2C)c1. The van der Waals surface area contributed by atoms with Crippen LogP contribution in [0.1, 0.15) is 44.7 Å². The van der Waals surface area contributed by atoms with Crippen LogP contribution in [0.4, 0.5) is 0 Å². The molecule has 0 aromatic carbocycles. The second-order valence-corrected chi connectivity index (χ2v) is 4.79. The van der Waals surface area contributed by atoms with Crippen molar-refractivity contribution >= 4 is 0 Å². The molecule has 0 amide bonds. The lowest BCUT2D eigenvalue weighted by Gasteiger charge is -2.31. The van der Waals surface area contributed by atoms with Gasteiger partial charge in [0.05, 0.1) is 12.0 Å². The highest BCUT2D eigenvalue weighted by atomic mass is 15.0. The summed E-state index contributed by atoms with van der Waals surface area (Å²) < 4.78 is 2.14. The average Bonchev–Trinajstić information content (AvgIpc) is 2.70. The summed E-state index contributed by atoms with van der Waals surface area (Å²) in [5, 5.41) is 0. The van der Waals surface area contributed by atoms with Gasteiger partial charge in [-0.2, -0.15) is 0 Å². The van der Waals surface area contributed by atoms with E-state index in [0.717, 1.165) is 18.9 Å². The highest BCUT2D eigenvalue weighted by Crippen LogP contribution is 2.35. The maximum absolute atomic E-state index is 6.03. The van der Waals surface area contributed by atoms with Gasteiger partial charge in [0.2, 0.25) is 0 Å². The Labute approximate surface area is 91.7 Å². The van der Waals surface area contributed by atoms with Crippen molar-refractivity contribution in [3.8, 4) is 0 Å². The zero-order chi connectivity index (χ0) is 10.8. The Morgan fingerprint density at radius 1 is 1.53 bits per heavy atom. The third-order valence-electron chi connectivity index (χ3n) is 3.63. The quantitative estimate of drug-likeness (QED) is 0.807. The van der Waals surface area contributed by atoms with Gasteiger partial charge in [-0.15, -0.1) is 0 Å². The van der Waals surface area contributed by atoms with E-state index in [-0.39, 0.29) is 0 Å². The van der Waals surface area contributed by atoms with E-state index in [1.54, 1.807) is 0 Å². The van der Waals surface area contributed by atoms with E-state index in [9.17, 15) is 0 Å². The van der Waals surface area contributed by atoms with Gasteiger partial charge in [-0.1, -0.05) is 6.92 Å². The monoisotopic (exact) mass is 207 g/mol. The standard InChI is InChI=1S/C12H21N3/c1-3-15-7-12(14-8-15)11-6-10(13)5-4-9(11)2/h7-11H,3-6,13H2,1-2H3. The number of nitrogens with zero attached hydrogens (tertiary/aromatic N) is 2. The Morgan fingerprint density at radius 3 is 3.00 bits per heavy atom. The first-order valence-electron chi connectivity index (χ1n) is 5.98. The fraction of sp³-hybridized carbons (Fsp3) is 0.750. The molecule has 0 bridgehead atoms. The van der Waals surface area contributed by atoms with Gasteiger partial charge in [-0.05, 0) is 32.1 Å². The maximum atomic E-state index is 6.03. The number of nitrogens with two attached hydrogens (primary N) is 1. The lowest BCUT2D eigenvalue weighted by Crippen LogP contribution is -2.31. The first-order chi connectivity index (χ1) is 7.20. The molecule has 0 saturated heterocycles. The molecule has 1 fully saturated rings. The van der Waals surface area contributed by atoms with Crippen molar-refractivity contribution in [3.05, 3.63) is 18.2 Å². The lowest BCUT2D eigenvalue weighted by molar-refractivity contribution is 0.296. The van der Waals surface area contributed by atoms with Crippen molar-refractivity contribution in [2.45, 2.75) is 51.6 Å². The second kappa shape index (κ2) is 4.35. The van der Waals surface area contributed by atoms with Crippen LogP contribution in [0.5, 0.6) is 0 Å². The van der Waals surface area contributed by atoms with Gasteiger partial charge in [0, 0.05) is 24.7 Å². The molecule has 1 aromatic rings. The zero-order valence-electron chi connectivity index (χ0n) is 9.69. The molecular weight excluding hydrogens is 186 g/mol. The average molecular weight is 207 g/mol. The van der Waals surface area contributed by atoms with E-state index in [0.29, 0.717) is 12.0 Å². The van der Waals surface area contributed by atoms with Crippen molar-refractivity contribution in [1.82, 2.24) is 9.55 Å². The van der Waals surface area contributed by atoms with Crippen LogP contribution < -0.4 is 5.73 Å². The zero-order valence-corrected chi connectivity index (χ0v) is 9.69. The largest absolute Gasteiger partial charge is 0.337 e. The van der Waals surface area contributed by atoms with Gasteiger partial charge in [0.1, 0.15) is 0 Å². The summed E-state index contributed by atoms with van der Waals surface area (Å²) in [6, 6.07) is 0.373. The van der Waals surface area contributed by atoms with E-state index in [1.165, 1.54) is 18.5 Å². The van der Waals surface area contributed by atoms with Crippen molar-refractivity contribution in [2.24, 2.45) is 11.7 Å². The Hall–Kier alpha value is -0.830.